The Morgan fingerprint density at radius 3 is 2.22 bits per heavy atom. The first-order chi connectivity index (χ1) is 8.23. The molecular weight excluding hydrogens is 248 g/mol. The van der Waals surface area contributed by atoms with Crippen LogP contribution < -0.4 is 5.73 Å². The summed E-state index contributed by atoms with van der Waals surface area (Å²) in [7, 11) is -0.450. The fraction of sp³-hybridized carbons (Fsp3) is 0.538. The Kier molecular flexibility index (Phi) is 3.49. The highest BCUT2D eigenvalue weighted by atomic mass is 35.5. The smallest absolute Gasteiger partial charge is 0.402 e. The zero-order valence-corrected chi connectivity index (χ0v) is 12.0. The molecule has 0 amide bonds. The Bertz CT molecular complexity index is 434. The van der Waals surface area contributed by atoms with Gasteiger partial charge in [-0.05, 0) is 45.4 Å². The fourth-order valence-corrected chi connectivity index (χ4v) is 2.11. The summed E-state index contributed by atoms with van der Waals surface area (Å²) in [6.07, 6.45) is 0. The summed E-state index contributed by atoms with van der Waals surface area (Å²) in [5.74, 6) is -0.343. The number of rotatable bonds is 2. The van der Waals surface area contributed by atoms with Gasteiger partial charge in [-0.1, -0.05) is 23.7 Å². The maximum Gasteiger partial charge on any atom is 0.480 e. The van der Waals surface area contributed by atoms with Gasteiger partial charge in [0.1, 0.15) is 0 Å². The van der Waals surface area contributed by atoms with Crippen molar-refractivity contribution in [1.82, 2.24) is 0 Å². The molecule has 0 radical (unpaired) electrons. The number of halogens is 1. The predicted octanol–water partition coefficient (Wildman–Crippen LogP) is 2.97. The van der Waals surface area contributed by atoms with Crippen LogP contribution in [0.15, 0.2) is 24.3 Å². The molecule has 1 fully saturated rings. The molecule has 1 heterocycles. The van der Waals surface area contributed by atoms with Gasteiger partial charge in [0.05, 0.1) is 17.1 Å². The van der Waals surface area contributed by atoms with Crippen molar-refractivity contribution in [2.24, 2.45) is 5.73 Å². The quantitative estimate of drug-likeness (QED) is 0.838. The van der Waals surface area contributed by atoms with Crippen LogP contribution in [0.4, 0.5) is 0 Å². The molecule has 1 atom stereocenters. The maximum atomic E-state index is 6.20. The van der Waals surface area contributed by atoms with E-state index in [1.165, 1.54) is 0 Å². The van der Waals surface area contributed by atoms with Crippen molar-refractivity contribution in [3.05, 3.63) is 34.9 Å². The van der Waals surface area contributed by atoms with Crippen LogP contribution in [-0.4, -0.2) is 18.3 Å². The summed E-state index contributed by atoms with van der Waals surface area (Å²) in [5, 5.41) is 0.666. The molecule has 1 unspecified atom stereocenters. The molecule has 0 saturated carbocycles. The number of hydrogen-bond acceptors (Lipinski definition) is 3. The third kappa shape index (κ3) is 2.43. The van der Waals surface area contributed by atoms with Crippen LogP contribution in [0.2, 0.25) is 5.02 Å². The lowest BCUT2D eigenvalue weighted by Crippen LogP contribution is -2.41. The molecule has 3 nitrogen and oxygen atoms in total. The molecule has 0 spiro atoms. The third-order valence-corrected chi connectivity index (χ3v) is 4.03. The number of nitrogens with two attached hydrogens (primary N) is 1. The normalized spacial score (nSPS) is 23.1. The fourth-order valence-electron chi connectivity index (χ4n) is 1.91. The van der Waals surface area contributed by atoms with Gasteiger partial charge in [0.2, 0.25) is 0 Å². The van der Waals surface area contributed by atoms with Gasteiger partial charge in [0, 0.05) is 5.02 Å². The second kappa shape index (κ2) is 4.53. The number of hydrogen-bond donors (Lipinski definition) is 1. The average Bonchev–Trinajstić information content (AvgIpc) is 2.47. The van der Waals surface area contributed by atoms with E-state index < -0.39 is 7.12 Å². The summed E-state index contributed by atoms with van der Waals surface area (Å²) in [4.78, 5) is 0. The van der Waals surface area contributed by atoms with Crippen molar-refractivity contribution in [2.45, 2.75) is 44.8 Å². The second-order valence-corrected chi connectivity index (χ2v) is 6.14. The molecule has 1 aromatic rings. The van der Waals surface area contributed by atoms with Gasteiger partial charge in [-0.2, -0.15) is 0 Å². The lowest BCUT2D eigenvalue weighted by molar-refractivity contribution is 0.00578. The van der Waals surface area contributed by atoms with Crippen molar-refractivity contribution in [3.8, 4) is 0 Å². The van der Waals surface area contributed by atoms with Gasteiger partial charge >= 0.3 is 7.12 Å². The molecule has 5 heteroatoms. The van der Waals surface area contributed by atoms with Crippen LogP contribution >= 0.6 is 11.6 Å². The van der Waals surface area contributed by atoms with Crippen LogP contribution in [0.1, 0.15) is 39.2 Å². The molecule has 98 valence electrons. The third-order valence-electron chi connectivity index (χ3n) is 3.80. The Balaban J connectivity index is 2.20. The first-order valence-corrected chi connectivity index (χ1v) is 6.47. The SMILES string of the molecule is CC1(C)OB(C(N)c2cccc(Cl)c2)OC1(C)C. The van der Waals surface area contributed by atoms with E-state index in [1.807, 2.05) is 52.0 Å². The highest BCUT2D eigenvalue weighted by molar-refractivity contribution is 6.47. The molecule has 1 aliphatic rings. The highest BCUT2D eigenvalue weighted by Crippen LogP contribution is 2.39. The van der Waals surface area contributed by atoms with E-state index in [1.54, 1.807) is 0 Å². The first kappa shape index (κ1) is 13.9. The highest BCUT2D eigenvalue weighted by Gasteiger charge is 2.53. The van der Waals surface area contributed by atoms with E-state index in [2.05, 4.69) is 0 Å². The molecule has 1 saturated heterocycles. The summed E-state index contributed by atoms with van der Waals surface area (Å²) >= 11 is 5.97. The van der Waals surface area contributed by atoms with Gasteiger partial charge in [-0.3, -0.25) is 0 Å². The molecule has 1 aliphatic heterocycles. The lowest BCUT2D eigenvalue weighted by Gasteiger charge is -2.32. The minimum atomic E-state index is -0.450. The van der Waals surface area contributed by atoms with Crippen LogP contribution in [0.3, 0.4) is 0 Å². The molecule has 0 bridgehead atoms. The zero-order valence-electron chi connectivity index (χ0n) is 11.2. The van der Waals surface area contributed by atoms with Gasteiger partial charge in [-0.15, -0.1) is 0 Å². The van der Waals surface area contributed by atoms with Crippen molar-refractivity contribution >= 4 is 18.7 Å². The van der Waals surface area contributed by atoms with Gasteiger partial charge in [-0.25, -0.2) is 0 Å². The second-order valence-electron chi connectivity index (χ2n) is 5.71. The monoisotopic (exact) mass is 267 g/mol. The average molecular weight is 268 g/mol. The van der Waals surface area contributed by atoms with Crippen LogP contribution in [-0.2, 0) is 9.31 Å². The largest absolute Gasteiger partial charge is 0.480 e. The predicted molar refractivity (Wildman–Crippen MR) is 74.5 cm³/mol. The minimum absolute atomic E-state index is 0.343. The molecular formula is C13H19BClNO2. The van der Waals surface area contributed by atoms with Gasteiger partial charge < -0.3 is 15.0 Å². The van der Waals surface area contributed by atoms with Crippen molar-refractivity contribution in [3.63, 3.8) is 0 Å². The standard InChI is InChI=1S/C13H19BClNO2/c1-12(2)13(3,4)18-14(17-12)11(16)9-6-5-7-10(15)8-9/h5-8,11H,16H2,1-4H3. The molecule has 18 heavy (non-hydrogen) atoms. The van der Waals surface area contributed by atoms with Gasteiger partial charge in [0.25, 0.3) is 0 Å². The van der Waals surface area contributed by atoms with E-state index in [0.29, 0.717) is 5.02 Å². The summed E-state index contributed by atoms with van der Waals surface area (Å²) in [6, 6.07) is 7.48. The van der Waals surface area contributed by atoms with Crippen LogP contribution in [0.25, 0.3) is 0 Å². The Morgan fingerprint density at radius 1 is 1.17 bits per heavy atom. The Morgan fingerprint density at radius 2 is 1.72 bits per heavy atom. The molecule has 1 aromatic carbocycles. The lowest BCUT2D eigenvalue weighted by atomic mass is 9.75. The maximum absolute atomic E-state index is 6.20. The molecule has 2 rings (SSSR count). The van der Waals surface area contributed by atoms with E-state index in [-0.39, 0.29) is 17.1 Å². The van der Waals surface area contributed by atoms with E-state index >= 15 is 0 Å². The Hall–Kier alpha value is -0.545. The van der Waals surface area contributed by atoms with Crippen LogP contribution in [0, 0.1) is 0 Å². The zero-order chi connectivity index (χ0) is 13.6. The molecule has 2 N–H and O–H groups in total. The van der Waals surface area contributed by atoms with Crippen molar-refractivity contribution in [1.29, 1.82) is 0 Å². The summed E-state index contributed by atoms with van der Waals surface area (Å²) < 4.78 is 11.9. The number of benzene rings is 1. The van der Waals surface area contributed by atoms with E-state index in [0.717, 1.165) is 5.56 Å². The van der Waals surface area contributed by atoms with Gasteiger partial charge in [0.15, 0.2) is 0 Å². The van der Waals surface area contributed by atoms with E-state index in [4.69, 9.17) is 26.6 Å². The summed E-state index contributed by atoms with van der Waals surface area (Å²) in [6.45, 7) is 8.05. The topological polar surface area (TPSA) is 44.5 Å². The Labute approximate surface area is 114 Å². The van der Waals surface area contributed by atoms with Crippen molar-refractivity contribution < 1.29 is 9.31 Å². The van der Waals surface area contributed by atoms with Crippen molar-refractivity contribution in [2.75, 3.05) is 0 Å². The van der Waals surface area contributed by atoms with Crippen LogP contribution in [0.5, 0.6) is 0 Å². The minimum Gasteiger partial charge on any atom is -0.402 e. The molecule has 0 aromatic heterocycles. The molecule has 0 aliphatic carbocycles. The van der Waals surface area contributed by atoms with E-state index in [9.17, 15) is 0 Å². The summed E-state index contributed by atoms with van der Waals surface area (Å²) in [5.41, 5.74) is 6.39. The first-order valence-electron chi connectivity index (χ1n) is 6.10.